The highest BCUT2D eigenvalue weighted by Crippen LogP contribution is 2.09. The maximum atomic E-state index is 13.0. The third-order valence-electron chi connectivity index (χ3n) is 5.34. The van der Waals surface area contributed by atoms with Gasteiger partial charge in [-0.05, 0) is 30.2 Å². The Hall–Kier alpha value is -3.47. The molecule has 11 nitrogen and oxygen atoms in total. The summed E-state index contributed by atoms with van der Waals surface area (Å²) < 4.78 is 0. The second-order valence-electron chi connectivity index (χ2n) is 9.75. The zero-order chi connectivity index (χ0) is 27.4. The van der Waals surface area contributed by atoms with Gasteiger partial charge in [-0.25, -0.2) is 4.79 Å². The van der Waals surface area contributed by atoms with Gasteiger partial charge in [0.25, 0.3) is 0 Å². The van der Waals surface area contributed by atoms with E-state index >= 15 is 0 Å². The molecule has 1 aromatic carbocycles. The van der Waals surface area contributed by atoms with Crippen molar-refractivity contribution >= 4 is 29.6 Å². The highest BCUT2D eigenvalue weighted by molar-refractivity contribution is 5.96. The van der Waals surface area contributed by atoms with Gasteiger partial charge in [0.2, 0.25) is 23.6 Å². The molecule has 0 fully saturated rings. The average Bonchev–Trinajstić information content (AvgIpc) is 2.77. The second-order valence-corrected chi connectivity index (χ2v) is 9.75. The fourth-order valence-corrected chi connectivity index (χ4v) is 3.60. The monoisotopic (exact) mass is 505 g/mol. The van der Waals surface area contributed by atoms with Crippen LogP contribution in [0.5, 0.6) is 0 Å². The van der Waals surface area contributed by atoms with E-state index in [-0.39, 0.29) is 24.7 Å². The first-order chi connectivity index (χ1) is 16.8. The lowest BCUT2D eigenvalue weighted by Crippen LogP contribution is -2.58. The molecule has 36 heavy (non-hydrogen) atoms. The molecule has 0 heterocycles. The summed E-state index contributed by atoms with van der Waals surface area (Å²) in [4.78, 5) is 61.8. The summed E-state index contributed by atoms with van der Waals surface area (Å²) in [5.41, 5.74) is 11.9. The normalized spacial score (nSPS) is 14.4. The Morgan fingerprint density at radius 2 is 1.28 bits per heavy atom. The number of rotatable bonds is 15. The number of nitrogens with one attached hydrogen (secondary N) is 3. The van der Waals surface area contributed by atoms with Crippen molar-refractivity contribution in [2.24, 2.45) is 23.3 Å². The summed E-state index contributed by atoms with van der Waals surface area (Å²) in [7, 11) is 0. The molecular formula is C25H39N5O6. The quantitative estimate of drug-likeness (QED) is 0.194. The largest absolute Gasteiger partial charge is 0.480 e. The molecule has 0 saturated carbocycles. The second kappa shape index (κ2) is 14.8. The SMILES string of the molecule is CC(C)CC(N)C(=O)NC(CC(N)=O)C(=O)NC(CC(C)C)C(=O)NC(Cc1ccccc1)C(=O)O. The zero-order valence-electron chi connectivity index (χ0n) is 21.3. The molecule has 0 aliphatic carbocycles. The van der Waals surface area contributed by atoms with Gasteiger partial charge < -0.3 is 32.5 Å². The van der Waals surface area contributed by atoms with Crippen molar-refractivity contribution in [1.82, 2.24) is 16.0 Å². The van der Waals surface area contributed by atoms with Crippen LogP contribution in [0, 0.1) is 11.8 Å². The molecule has 0 saturated heterocycles. The predicted molar refractivity (Wildman–Crippen MR) is 134 cm³/mol. The summed E-state index contributed by atoms with van der Waals surface area (Å²) in [6, 6.07) is 4.26. The van der Waals surface area contributed by atoms with Crippen LogP contribution in [0.4, 0.5) is 0 Å². The van der Waals surface area contributed by atoms with Crippen molar-refractivity contribution in [3.05, 3.63) is 35.9 Å². The molecular weight excluding hydrogens is 466 g/mol. The van der Waals surface area contributed by atoms with E-state index in [9.17, 15) is 29.1 Å². The summed E-state index contributed by atoms with van der Waals surface area (Å²) >= 11 is 0. The molecule has 1 rings (SSSR count). The molecule has 0 aliphatic rings. The molecule has 0 aromatic heterocycles. The first kappa shape index (κ1) is 30.6. The van der Waals surface area contributed by atoms with Gasteiger partial charge in [0.1, 0.15) is 18.1 Å². The summed E-state index contributed by atoms with van der Waals surface area (Å²) in [5.74, 6) is -4.07. The van der Waals surface area contributed by atoms with Crippen LogP contribution in [0.15, 0.2) is 30.3 Å². The topological polar surface area (TPSA) is 194 Å². The zero-order valence-corrected chi connectivity index (χ0v) is 21.3. The number of hydrogen-bond donors (Lipinski definition) is 6. The van der Waals surface area contributed by atoms with E-state index in [1.165, 1.54) is 0 Å². The Morgan fingerprint density at radius 1 is 0.778 bits per heavy atom. The minimum atomic E-state index is -1.34. The Labute approximate surface area is 211 Å². The van der Waals surface area contributed by atoms with Gasteiger partial charge in [0.05, 0.1) is 12.5 Å². The molecule has 4 atom stereocenters. The summed E-state index contributed by atoms with van der Waals surface area (Å²) in [5, 5.41) is 17.1. The van der Waals surface area contributed by atoms with Crippen molar-refractivity contribution in [3.63, 3.8) is 0 Å². The van der Waals surface area contributed by atoms with E-state index in [2.05, 4.69) is 16.0 Å². The van der Waals surface area contributed by atoms with Crippen molar-refractivity contribution < 1.29 is 29.1 Å². The van der Waals surface area contributed by atoms with Crippen LogP contribution in [0.25, 0.3) is 0 Å². The molecule has 0 bridgehead atoms. The van der Waals surface area contributed by atoms with Crippen molar-refractivity contribution in [3.8, 4) is 0 Å². The van der Waals surface area contributed by atoms with Gasteiger partial charge in [-0.15, -0.1) is 0 Å². The lowest BCUT2D eigenvalue weighted by molar-refractivity contribution is -0.142. The Balaban J connectivity index is 3.00. The van der Waals surface area contributed by atoms with Crippen LogP contribution in [-0.4, -0.2) is 58.9 Å². The molecule has 11 heteroatoms. The number of carboxylic acid groups (broad SMARTS) is 1. The maximum Gasteiger partial charge on any atom is 0.326 e. The average molecular weight is 506 g/mol. The third kappa shape index (κ3) is 11.3. The van der Waals surface area contributed by atoms with Crippen molar-refractivity contribution in [2.45, 2.75) is 77.5 Å². The standard InChI is InChI=1S/C25H39N5O6/c1-14(2)10-17(26)22(32)28-19(13-21(27)31)24(34)29-18(11-15(3)4)23(33)30-20(25(35)36)12-16-8-6-5-7-9-16/h5-9,14-15,17-20H,10-13,26H2,1-4H3,(H2,27,31)(H,28,32)(H,29,34)(H,30,33)(H,35,36). The van der Waals surface area contributed by atoms with E-state index in [0.717, 1.165) is 5.56 Å². The van der Waals surface area contributed by atoms with Crippen molar-refractivity contribution in [1.29, 1.82) is 0 Å². The summed E-state index contributed by atoms with van der Waals surface area (Å²) in [6.45, 7) is 7.44. The number of carbonyl (C=O) groups is 5. The fraction of sp³-hybridized carbons (Fsp3) is 0.560. The molecule has 200 valence electrons. The van der Waals surface area contributed by atoms with E-state index in [1.54, 1.807) is 30.3 Å². The summed E-state index contributed by atoms with van der Waals surface area (Å²) in [6.07, 6.45) is 0.124. The molecule has 0 radical (unpaired) electrons. The molecule has 4 unspecified atom stereocenters. The van der Waals surface area contributed by atoms with E-state index in [4.69, 9.17) is 11.5 Å². The highest BCUT2D eigenvalue weighted by atomic mass is 16.4. The number of carboxylic acids is 1. The molecule has 0 aliphatic heterocycles. The number of benzene rings is 1. The predicted octanol–water partition coefficient (Wildman–Crippen LogP) is 0.0630. The highest BCUT2D eigenvalue weighted by Gasteiger charge is 2.31. The molecule has 4 amide bonds. The minimum Gasteiger partial charge on any atom is -0.480 e. The minimum absolute atomic E-state index is 0.0397. The Morgan fingerprint density at radius 3 is 1.78 bits per heavy atom. The third-order valence-corrected chi connectivity index (χ3v) is 5.34. The lowest BCUT2D eigenvalue weighted by atomic mass is 10.0. The molecule has 8 N–H and O–H groups in total. The number of amides is 4. The Kier molecular flexibility index (Phi) is 12.6. The number of nitrogens with two attached hydrogens (primary N) is 2. The van der Waals surface area contributed by atoms with Gasteiger partial charge in [-0.3, -0.25) is 19.2 Å². The van der Waals surface area contributed by atoms with Gasteiger partial charge >= 0.3 is 5.97 Å². The fourth-order valence-electron chi connectivity index (χ4n) is 3.60. The van der Waals surface area contributed by atoms with E-state index in [0.29, 0.717) is 6.42 Å². The molecule has 0 spiro atoms. The number of aliphatic carboxylic acids is 1. The van der Waals surface area contributed by atoms with Crippen LogP contribution in [0.2, 0.25) is 0 Å². The van der Waals surface area contributed by atoms with Crippen LogP contribution in [0.1, 0.15) is 52.5 Å². The van der Waals surface area contributed by atoms with Crippen LogP contribution in [0.3, 0.4) is 0 Å². The first-order valence-electron chi connectivity index (χ1n) is 12.0. The number of primary amides is 1. The van der Waals surface area contributed by atoms with Crippen molar-refractivity contribution in [2.75, 3.05) is 0 Å². The van der Waals surface area contributed by atoms with Crippen LogP contribution < -0.4 is 27.4 Å². The van der Waals surface area contributed by atoms with Gasteiger partial charge in [0, 0.05) is 6.42 Å². The van der Waals surface area contributed by atoms with Crippen LogP contribution >= 0.6 is 0 Å². The Bertz CT molecular complexity index is 905. The first-order valence-corrected chi connectivity index (χ1v) is 12.0. The van der Waals surface area contributed by atoms with Gasteiger partial charge in [-0.1, -0.05) is 58.0 Å². The lowest BCUT2D eigenvalue weighted by Gasteiger charge is -2.26. The maximum absolute atomic E-state index is 13.0. The van der Waals surface area contributed by atoms with E-state index in [1.807, 2.05) is 27.7 Å². The number of hydrogen-bond acceptors (Lipinski definition) is 6. The van der Waals surface area contributed by atoms with Gasteiger partial charge in [0.15, 0.2) is 0 Å². The molecule has 1 aromatic rings. The van der Waals surface area contributed by atoms with E-state index < -0.39 is 60.2 Å². The number of carbonyl (C=O) groups excluding carboxylic acids is 4. The smallest absolute Gasteiger partial charge is 0.326 e. The van der Waals surface area contributed by atoms with Gasteiger partial charge in [-0.2, -0.15) is 0 Å². The van der Waals surface area contributed by atoms with Crippen LogP contribution in [-0.2, 0) is 30.4 Å².